The molecule has 252 valence electrons. The Morgan fingerprint density at radius 1 is 0.352 bits per heavy atom. The standard InChI is InChI=1S/C49H29N3OS/c1-3-12-32(13-4-1)47-50-48(33-14-5-2-6-15-33)52-49(51-47)41-23-11-22-40-39-21-10-19-37(45(39)54-46(40)41)31-26-24-30(25-27-31)36-18-9-20-38-42-28-34-16-7-8-17-35(34)29-43(42)53-44(36)38/h1-29H. The fourth-order valence-electron chi connectivity index (χ4n) is 7.69. The van der Waals surface area contributed by atoms with Crippen LogP contribution in [0.1, 0.15) is 0 Å². The summed E-state index contributed by atoms with van der Waals surface area (Å²) in [7, 11) is 0. The molecule has 0 bridgehead atoms. The minimum absolute atomic E-state index is 0.658. The lowest BCUT2D eigenvalue weighted by atomic mass is 9.97. The Hall–Kier alpha value is -6.95. The molecule has 0 N–H and O–H groups in total. The van der Waals surface area contributed by atoms with E-state index in [1.165, 1.54) is 37.4 Å². The molecule has 0 aliphatic rings. The molecule has 0 aliphatic heterocycles. The number of rotatable bonds is 5. The highest BCUT2D eigenvalue weighted by Crippen LogP contribution is 2.44. The van der Waals surface area contributed by atoms with Gasteiger partial charge in [0.2, 0.25) is 0 Å². The maximum absolute atomic E-state index is 6.55. The van der Waals surface area contributed by atoms with E-state index in [0.29, 0.717) is 17.5 Å². The van der Waals surface area contributed by atoms with Gasteiger partial charge in [-0.25, -0.2) is 15.0 Å². The Kier molecular flexibility index (Phi) is 7.00. The van der Waals surface area contributed by atoms with Crippen molar-refractivity contribution >= 4 is 64.2 Å². The Balaban J connectivity index is 1.02. The molecule has 0 spiro atoms. The van der Waals surface area contributed by atoms with Crippen molar-refractivity contribution in [3.05, 3.63) is 176 Å². The number of hydrogen-bond acceptors (Lipinski definition) is 5. The van der Waals surface area contributed by atoms with E-state index >= 15 is 0 Å². The number of fused-ring (bicyclic) bond motifs is 7. The Morgan fingerprint density at radius 2 is 0.852 bits per heavy atom. The Labute approximate surface area is 314 Å². The summed E-state index contributed by atoms with van der Waals surface area (Å²) < 4.78 is 8.95. The van der Waals surface area contributed by atoms with Crippen molar-refractivity contribution in [3.8, 4) is 56.4 Å². The lowest BCUT2D eigenvalue weighted by Crippen LogP contribution is -2.00. The SMILES string of the molecule is c1ccc(-c2nc(-c3ccccc3)nc(-c3cccc4c3sc3c(-c5ccc(-c6cccc7c6oc6cc8ccccc8cc67)cc5)cccc34)n2)cc1. The summed E-state index contributed by atoms with van der Waals surface area (Å²) in [6.45, 7) is 0. The zero-order chi connectivity index (χ0) is 35.6. The van der Waals surface area contributed by atoms with Gasteiger partial charge in [-0.05, 0) is 45.7 Å². The van der Waals surface area contributed by atoms with Gasteiger partial charge >= 0.3 is 0 Å². The van der Waals surface area contributed by atoms with Crippen LogP contribution in [0, 0.1) is 0 Å². The molecule has 54 heavy (non-hydrogen) atoms. The third kappa shape index (κ3) is 5.01. The first-order chi connectivity index (χ1) is 26.7. The summed E-state index contributed by atoms with van der Waals surface area (Å²) in [5.74, 6) is 1.98. The van der Waals surface area contributed by atoms with Gasteiger partial charge in [0, 0.05) is 53.2 Å². The number of thiophene rings is 1. The molecule has 3 aromatic heterocycles. The molecule has 0 fully saturated rings. The van der Waals surface area contributed by atoms with Gasteiger partial charge in [0.15, 0.2) is 17.5 Å². The fourth-order valence-corrected chi connectivity index (χ4v) is 9.04. The summed E-state index contributed by atoms with van der Waals surface area (Å²) in [6, 6.07) is 61.5. The van der Waals surface area contributed by atoms with Crippen LogP contribution in [0.4, 0.5) is 0 Å². The van der Waals surface area contributed by atoms with Crippen LogP contribution in [0.15, 0.2) is 180 Å². The van der Waals surface area contributed by atoms with Crippen molar-refractivity contribution in [3.63, 3.8) is 0 Å². The van der Waals surface area contributed by atoms with Crippen molar-refractivity contribution in [2.24, 2.45) is 0 Å². The van der Waals surface area contributed by atoms with E-state index in [0.717, 1.165) is 54.5 Å². The van der Waals surface area contributed by atoms with Gasteiger partial charge < -0.3 is 4.42 Å². The predicted molar refractivity (Wildman–Crippen MR) is 225 cm³/mol. The average molecular weight is 708 g/mol. The maximum atomic E-state index is 6.55. The van der Waals surface area contributed by atoms with Crippen molar-refractivity contribution in [2.45, 2.75) is 0 Å². The molecular formula is C49H29N3OS. The Morgan fingerprint density at radius 3 is 1.50 bits per heavy atom. The molecule has 3 heterocycles. The minimum atomic E-state index is 0.658. The quantitative estimate of drug-likeness (QED) is 0.179. The van der Waals surface area contributed by atoms with E-state index in [9.17, 15) is 0 Å². The lowest BCUT2D eigenvalue weighted by Gasteiger charge is -2.09. The molecule has 11 rings (SSSR count). The topological polar surface area (TPSA) is 51.8 Å². The maximum Gasteiger partial charge on any atom is 0.165 e. The summed E-state index contributed by atoms with van der Waals surface area (Å²) in [5, 5.41) is 7.08. The van der Waals surface area contributed by atoms with Crippen molar-refractivity contribution in [1.29, 1.82) is 0 Å². The molecule has 8 aromatic carbocycles. The van der Waals surface area contributed by atoms with Gasteiger partial charge in [-0.2, -0.15) is 0 Å². The lowest BCUT2D eigenvalue weighted by molar-refractivity contribution is 0.670. The van der Waals surface area contributed by atoms with Gasteiger partial charge in [-0.1, -0.05) is 158 Å². The van der Waals surface area contributed by atoms with Crippen molar-refractivity contribution < 1.29 is 4.42 Å². The second-order valence-corrected chi connectivity index (χ2v) is 14.6. The van der Waals surface area contributed by atoms with Gasteiger partial charge in [0.25, 0.3) is 0 Å². The van der Waals surface area contributed by atoms with Crippen LogP contribution < -0.4 is 0 Å². The van der Waals surface area contributed by atoms with Crippen LogP contribution in [-0.4, -0.2) is 15.0 Å². The number of para-hydroxylation sites is 1. The number of aromatic nitrogens is 3. The van der Waals surface area contributed by atoms with Crippen LogP contribution in [0.2, 0.25) is 0 Å². The first-order valence-corrected chi connectivity index (χ1v) is 18.8. The van der Waals surface area contributed by atoms with Crippen LogP contribution in [0.3, 0.4) is 0 Å². The summed E-state index contributed by atoms with van der Waals surface area (Å²) >= 11 is 1.80. The van der Waals surface area contributed by atoms with Gasteiger partial charge in [-0.3, -0.25) is 0 Å². The molecule has 0 atom stereocenters. The normalized spacial score (nSPS) is 11.7. The van der Waals surface area contributed by atoms with Crippen LogP contribution in [-0.2, 0) is 0 Å². The van der Waals surface area contributed by atoms with Crippen molar-refractivity contribution in [2.75, 3.05) is 0 Å². The monoisotopic (exact) mass is 707 g/mol. The molecule has 0 radical (unpaired) electrons. The molecule has 0 amide bonds. The smallest absolute Gasteiger partial charge is 0.165 e. The van der Waals surface area contributed by atoms with Gasteiger partial charge in [0.1, 0.15) is 11.2 Å². The van der Waals surface area contributed by atoms with E-state index in [1.807, 2.05) is 60.7 Å². The molecule has 11 aromatic rings. The fraction of sp³-hybridized carbons (Fsp3) is 0. The number of furan rings is 1. The highest BCUT2D eigenvalue weighted by atomic mass is 32.1. The van der Waals surface area contributed by atoms with Crippen molar-refractivity contribution in [1.82, 2.24) is 15.0 Å². The Bertz CT molecular complexity index is 3140. The summed E-state index contributed by atoms with van der Waals surface area (Å²) in [4.78, 5) is 15.0. The predicted octanol–water partition coefficient (Wildman–Crippen LogP) is 13.6. The van der Waals surface area contributed by atoms with Crippen LogP contribution >= 0.6 is 11.3 Å². The summed E-state index contributed by atoms with van der Waals surface area (Å²) in [6.07, 6.45) is 0. The largest absolute Gasteiger partial charge is 0.455 e. The molecule has 0 unspecified atom stereocenters. The van der Waals surface area contributed by atoms with E-state index in [2.05, 4.69) is 115 Å². The third-order valence-corrected chi connectivity index (χ3v) is 11.6. The molecule has 4 nitrogen and oxygen atoms in total. The highest BCUT2D eigenvalue weighted by Gasteiger charge is 2.19. The van der Waals surface area contributed by atoms with Crippen LogP contribution in [0.25, 0.3) is 109 Å². The van der Waals surface area contributed by atoms with Gasteiger partial charge in [-0.15, -0.1) is 11.3 Å². The third-order valence-electron chi connectivity index (χ3n) is 10.3. The zero-order valence-corrected chi connectivity index (χ0v) is 29.7. The van der Waals surface area contributed by atoms with E-state index in [1.54, 1.807) is 11.3 Å². The first kappa shape index (κ1) is 30.7. The number of benzene rings is 8. The second-order valence-electron chi connectivity index (χ2n) is 13.6. The van der Waals surface area contributed by atoms with E-state index in [-0.39, 0.29) is 0 Å². The zero-order valence-electron chi connectivity index (χ0n) is 28.9. The molecule has 0 saturated heterocycles. The molecule has 0 saturated carbocycles. The number of nitrogens with zero attached hydrogens (tertiary/aromatic N) is 3. The van der Waals surface area contributed by atoms with Crippen LogP contribution in [0.5, 0.6) is 0 Å². The average Bonchev–Trinajstić information content (AvgIpc) is 3.81. The molecule has 5 heteroatoms. The number of hydrogen-bond donors (Lipinski definition) is 0. The van der Waals surface area contributed by atoms with Gasteiger partial charge in [0.05, 0.1) is 0 Å². The first-order valence-electron chi connectivity index (χ1n) is 18.0. The molecular weight excluding hydrogens is 679 g/mol. The minimum Gasteiger partial charge on any atom is -0.455 e. The van der Waals surface area contributed by atoms with E-state index in [4.69, 9.17) is 19.4 Å². The molecule has 0 aliphatic carbocycles. The summed E-state index contributed by atoms with van der Waals surface area (Å²) in [5.41, 5.74) is 9.31. The van der Waals surface area contributed by atoms with E-state index < -0.39 is 0 Å². The second kappa shape index (κ2) is 12.3. The highest BCUT2D eigenvalue weighted by molar-refractivity contribution is 7.26.